The Hall–Kier alpha value is -3.69. The number of halogens is 2. The molecule has 0 spiro atoms. The lowest BCUT2D eigenvalue weighted by Crippen LogP contribution is -2.39. The Morgan fingerprint density at radius 2 is 1.83 bits per heavy atom. The van der Waals surface area contributed by atoms with Gasteiger partial charge in [-0.3, -0.25) is 9.59 Å². The minimum Gasteiger partial charge on any atom is -0.349 e. The molecular weight excluding hydrogens is 382 g/mol. The van der Waals surface area contributed by atoms with E-state index in [4.69, 9.17) is 0 Å². The average molecular weight is 398 g/mol. The number of para-hydroxylation sites is 1. The van der Waals surface area contributed by atoms with Crippen molar-refractivity contribution in [3.63, 3.8) is 0 Å². The van der Waals surface area contributed by atoms with Crippen LogP contribution in [-0.2, 0) is 16.1 Å². The predicted molar refractivity (Wildman–Crippen MR) is 98.5 cm³/mol. The highest BCUT2D eigenvalue weighted by atomic mass is 19.1. The quantitative estimate of drug-likeness (QED) is 0.704. The van der Waals surface area contributed by atoms with E-state index < -0.39 is 35.2 Å². The number of amides is 2. The summed E-state index contributed by atoms with van der Waals surface area (Å²) in [4.78, 5) is 26.6. The number of carbonyl (C=O) groups is 2. The maximum Gasteiger partial charge on any atom is 0.243 e. The van der Waals surface area contributed by atoms with Gasteiger partial charge in [-0.2, -0.15) is 4.80 Å². The number of tetrazole rings is 1. The molecule has 1 unspecified atom stereocenters. The SMILES string of the molecule is O=C(Cn1nnc(-c2ccccc2)n1)NC1CC(=O)N(c2c(F)cccc2F)C1. The molecule has 1 saturated heterocycles. The number of hydrogen-bond donors (Lipinski definition) is 1. The van der Waals surface area contributed by atoms with Crippen molar-refractivity contribution >= 4 is 17.5 Å². The van der Waals surface area contributed by atoms with E-state index in [-0.39, 0.29) is 19.5 Å². The van der Waals surface area contributed by atoms with Gasteiger partial charge in [0.25, 0.3) is 0 Å². The van der Waals surface area contributed by atoms with Crippen LogP contribution in [0.15, 0.2) is 48.5 Å². The molecule has 0 bridgehead atoms. The van der Waals surface area contributed by atoms with Gasteiger partial charge in [-0.05, 0) is 17.3 Å². The van der Waals surface area contributed by atoms with E-state index in [1.54, 1.807) is 0 Å². The number of benzene rings is 2. The second-order valence-corrected chi connectivity index (χ2v) is 6.55. The van der Waals surface area contributed by atoms with Crippen LogP contribution in [0.25, 0.3) is 11.4 Å². The Morgan fingerprint density at radius 3 is 2.55 bits per heavy atom. The molecule has 1 N–H and O–H groups in total. The van der Waals surface area contributed by atoms with E-state index >= 15 is 0 Å². The predicted octanol–water partition coefficient (Wildman–Crippen LogP) is 1.54. The van der Waals surface area contributed by atoms with Gasteiger partial charge < -0.3 is 10.2 Å². The maximum atomic E-state index is 13.9. The monoisotopic (exact) mass is 398 g/mol. The third-order valence-electron chi connectivity index (χ3n) is 4.47. The summed E-state index contributed by atoms with van der Waals surface area (Å²) in [7, 11) is 0. The van der Waals surface area contributed by atoms with Crippen LogP contribution >= 0.6 is 0 Å². The van der Waals surface area contributed by atoms with Crippen molar-refractivity contribution < 1.29 is 18.4 Å². The van der Waals surface area contributed by atoms with Crippen LogP contribution < -0.4 is 10.2 Å². The second kappa shape index (κ2) is 7.74. The zero-order chi connectivity index (χ0) is 20.4. The minimum absolute atomic E-state index is 0.0253. The van der Waals surface area contributed by atoms with Gasteiger partial charge in [0.1, 0.15) is 23.9 Å². The molecule has 1 aliphatic rings. The molecule has 8 nitrogen and oxygen atoms in total. The Kier molecular flexibility index (Phi) is 4.98. The highest BCUT2D eigenvalue weighted by Gasteiger charge is 2.34. The molecule has 2 heterocycles. The van der Waals surface area contributed by atoms with Gasteiger partial charge in [0.2, 0.25) is 17.6 Å². The molecule has 2 amide bonds. The summed E-state index contributed by atoms with van der Waals surface area (Å²) in [5, 5.41) is 14.6. The second-order valence-electron chi connectivity index (χ2n) is 6.55. The largest absolute Gasteiger partial charge is 0.349 e. The Balaban J connectivity index is 1.38. The lowest BCUT2D eigenvalue weighted by Gasteiger charge is -2.18. The van der Waals surface area contributed by atoms with E-state index in [0.717, 1.165) is 27.4 Å². The first-order valence-corrected chi connectivity index (χ1v) is 8.88. The molecule has 0 aliphatic carbocycles. The fourth-order valence-electron chi connectivity index (χ4n) is 3.18. The fourth-order valence-corrected chi connectivity index (χ4v) is 3.18. The van der Waals surface area contributed by atoms with Crippen LogP contribution in [0.2, 0.25) is 0 Å². The van der Waals surface area contributed by atoms with Crippen LogP contribution in [-0.4, -0.2) is 44.6 Å². The molecule has 0 radical (unpaired) electrons. The average Bonchev–Trinajstić information content (AvgIpc) is 3.29. The molecule has 1 aliphatic heterocycles. The van der Waals surface area contributed by atoms with Crippen molar-refractivity contribution in [3.8, 4) is 11.4 Å². The number of anilines is 1. The van der Waals surface area contributed by atoms with Crippen LogP contribution in [0.1, 0.15) is 6.42 Å². The smallest absolute Gasteiger partial charge is 0.243 e. The molecule has 148 valence electrons. The van der Waals surface area contributed by atoms with Crippen LogP contribution in [0.5, 0.6) is 0 Å². The molecule has 1 aromatic heterocycles. The van der Waals surface area contributed by atoms with Crippen molar-refractivity contribution in [2.24, 2.45) is 0 Å². The fraction of sp³-hybridized carbons (Fsp3) is 0.211. The summed E-state index contributed by atoms with van der Waals surface area (Å²) in [6.45, 7) is -0.221. The van der Waals surface area contributed by atoms with E-state index in [2.05, 4.69) is 20.7 Å². The minimum atomic E-state index is -0.828. The van der Waals surface area contributed by atoms with Gasteiger partial charge >= 0.3 is 0 Å². The van der Waals surface area contributed by atoms with Gasteiger partial charge in [0.15, 0.2) is 0 Å². The van der Waals surface area contributed by atoms with E-state index in [0.29, 0.717) is 5.82 Å². The molecule has 0 saturated carbocycles. The molecule has 1 fully saturated rings. The first-order chi connectivity index (χ1) is 14.0. The van der Waals surface area contributed by atoms with Crippen molar-refractivity contribution in [3.05, 3.63) is 60.2 Å². The van der Waals surface area contributed by atoms with Gasteiger partial charge in [-0.1, -0.05) is 36.4 Å². The van der Waals surface area contributed by atoms with Crippen LogP contribution in [0.4, 0.5) is 14.5 Å². The third kappa shape index (κ3) is 3.96. The normalized spacial score (nSPS) is 16.3. The summed E-state index contributed by atoms with van der Waals surface area (Å²) in [5.74, 6) is -2.17. The summed E-state index contributed by atoms with van der Waals surface area (Å²) < 4.78 is 27.9. The molecule has 29 heavy (non-hydrogen) atoms. The summed E-state index contributed by atoms with van der Waals surface area (Å²) in [6.07, 6.45) is -0.0560. The Labute approximate surface area is 164 Å². The maximum absolute atomic E-state index is 13.9. The number of nitrogens with zero attached hydrogens (tertiary/aromatic N) is 5. The first kappa shape index (κ1) is 18.7. The Bertz CT molecular complexity index is 1040. The van der Waals surface area contributed by atoms with Crippen LogP contribution in [0.3, 0.4) is 0 Å². The summed E-state index contributed by atoms with van der Waals surface area (Å²) >= 11 is 0. The number of rotatable bonds is 5. The lowest BCUT2D eigenvalue weighted by atomic mass is 10.2. The number of carbonyl (C=O) groups excluding carboxylic acids is 2. The van der Waals surface area contributed by atoms with Crippen molar-refractivity contribution in [2.45, 2.75) is 19.0 Å². The third-order valence-corrected chi connectivity index (χ3v) is 4.47. The number of aromatic nitrogens is 4. The van der Waals surface area contributed by atoms with Gasteiger partial charge in [-0.25, -0.2) is 8.78 Å². The molecule has 10 heteroatoms. The van der Waals surface area contributed by atoms with Gasteiger partial charge in [-0.15, -0.1) is 10.2 Å². The van der Waals surface area contributed by atoms with Gasteiger partial charge in [0, 0.05) is 18.5 Å². The summed E-state index contributed by atoms with van der Waals surface area (Å²) in [6, 6.07) is 12.0. The number of hydrogen-bond acceptors (Lipinski definition) is 5. The summed E-state index contributed by atoms with van der Waals surface area (Å²) in [5.41, 5.74) is 0.364. The lowest BCUT2D eigenvalue weighted by molar-refractivity contribution is -0.122. The van der Waals surface area contributed by atoms with E-state index in [1.165, 1.54) is 6.07 Å². The van der Waals surface area contributed by atoms with Crippen molar-refractivity contribution in [1.82, 2.24) is 25.5 Å². The van der Waals surface area contributed by atoms with E-state index in [1.807, 2.05) is 30.3 Å². The van der Waals surface area contributed by atoms with Crippen molar-refractivity contribution in [2.75, 3.05) is 11.4 Å². The standard InChI is InChI=1S/C19H16F2N6O2/c20-14-7-4-8-15(21)18(14)26-10-13(9-17(26)29)22-16(28)11-27-24-19(23-25-27)12-5-2-1-3-6-12/h1-8,13H,9-11H2,(H,22,28). The van der Waals surface area contributed by atoms with Crippen molar-refractivity contribution in [1.29, 1.82) is 0 Å². The molecule has 2 aromatic carbocycles. The Morgan fingerprint density at radius 1 is 1.10 bits per heavy atom. The van der Waals surface area contributed by atoms with Crippen LogP contribution in [0, 0.1) is 11.6 Å². The highest BCUT2D eigenvalue weighted by Crippen LogP contribution is 2.27. The molecular formula is C19H16F2N6O2. The number of nitrogens with one attached hydrogen (secondary N) is 1. The molecule has 4 rings (SSSR count). The van der Waals surface area contributed by atoms with Gasteiger partial charge in [0.05, 0.1) is 6.04 Å². The molecule has 1 atom stereocenters. The zero-order valence-corrected chi connectivity index (χ0v) is 15.1. The zero-order valence-electron chi connectivity index (χ0n) is 15.1. The first-order valence-electron chi connectivity index (χ1n) is 8.88. The highest BCUT2D eigenvalue weighted by molar-refractivity contribution is 5.97. The topological polar surface area (TPSA) is 93.0 Å². The van der Waals surface area contributed by atoms with E-state index in [9.17, 15) is 18.4 Å². The molecule has 3 aromatic rings.